The lowest BCUT2D eigenvalue weighted by molar-refractivity contribution is 0.0953. The van der Waals surface area contributed by atoms with Gasteiger partial charge in [0, 0.05) is 0 Å². The highest BCUT2D eigenvalue weighted by Crippen LogP contribution is 2.13. The summed E-state index contributed by atoms with van der Waals surface area (Å²) in [5.74, 6) is 4.42. The van der Waals surface area contributed by atoms with Gasteiger partial charge < -0.3 is 5.73 Å². The van der Waals surface area contributed by atoms with Crippen molar-refractivity contribution in [3.8, 4) is 0 Å². The zero-order valence-electron chi connectivity index (χ0n) is 5.00. The molecule has 0 saturated heterocycles. The van der Waals surface area contributed by atoms with Crippen LogP contribution in [0.15, 0.2) is 6.20 Å². The zero-order chi connectivity index (χ0) is 7.56. The molecule has 54 valence electrons. The van der Waals surface area contributed by atoms with E-state index in [-0.39, 0.29) is 5.01 Å². The summed E-state index contributed by atoms with van der Waals surface area (Å²) in [5, 5.41) is 0.776. The van der Waals surface area contributed by atoms with Crippen molar-refractivity contribution >= 4 is 22.2 Å². The van der Waals surface area contributed by atoms with Gasteiger partial charge in [-0.05, 0) is 0 Å². The third-order valence-electron chi connectivity index (χ3n) is 0.849. The summed E-state index contributed by atoms with van der Waals surface area (Å²) in [6, 6.07) is 0. The Kier molecular flexibility index (Phi) is 1.83. The summed E-state index contributed by atoms with van der Waals surface area (Å²) >= 11 is 1.10. The quantitative estimate of drug-likeness (QED) is 0.287. The van der Waals surface area contributed by atoms with E-state index in [2.05, 4.69) is 4.98 Å². The second kappa shape index (κ2) is 2.63. The van der Waals surface area contributed by atoms with Crippen molar-refractivity contribution in [3.05, 3.63) is 11.2 Å². The van der Waals surface area contributed by atoms with Crippen LogP contribution in [0.2, 0.25) is 0 Å². The van der Waals surface area contributed by atoms with Gasteiger partial charge in [0.2, 0.25) is 0 Å². The van der Waals surface area contributed by atoms with Gasteiger partial charge in [0.1, 0.15) is 5.00 Å². The number of nitrogens with one attached hydrogen (secondary N) is 1. The topological polar surface area (TPSA) is 94.0 Å². The monoisotopic (exact) mass is 158 g/mol. The molecule has 1 aromatic rings. The summed E-state index contributed by atoms with van der Waals surface area (Å²) in [4.78, 5) is 14.4. The van der Waals surface area contributed by atoms with E-state index in [0.717, 1.165) is 11.3 Å². The van der Waals surface area contributed by atoms with Gasteiger partial charge >= 0.3 is 0 Å². The van der Waals surface area contributed by atoms with Crippen LogP contribution in [0.1, 0.15) is 9.80 Å². The Balaban J connectivity index is 2.85. The number of aromatic nitrogens is 1. The average Bonchev–Trinajstić information content (AvgIpc) is 2.34. The number of carbonyl (C=O) groups excluding carboxylic acids is 1. The van der Waals surface area contributed by atoms with Crippen molar-refractivity contribution in [2.45, 2.75) is 0 Å². The third kappa shape index (κ3) is 1.23. The lowest BCUT2D eigenvalue weighted by atomic mass is 10.7. The smallest absolute Gasteiger partial charge is 0.294 e. The minimum atomic E-state index is -0.415. The van der Waals surface area contributed by atoms with Crippen LogP contribution in [0.4, 0.5) is 5.00 Å². The number of nitrogen functional groups attached to an aromatic ring is 2. The Morgan fingerprint density at radius 1 is 1.80 bits per heavy atom. The molecule has 0 radical (unpaired) electrons. The Hall–Kier alpha value is -1.14. The third-order valence-corrected chi connectivity index (χ3v) is 1.67. The molecule has 0 spiro atoms. The predicted molar refractivity (Wildman–Crippen MR) is 38.2 cm³/mol. The van der Waals surface area contributed by atoms with E-state index in [1.807, 2.05) is 5.43 Å². The number of hydrogen-bond acceptors (Lipinski definition) is 5. The van der Waals surface area contributed by atoms with Crippen LogP contribution in [0, 0.1) is 0 Å². The Morgan fingerprint density at radius 3 is 2.90 bits per heavy atom. The Morgan fingerprint density at radius 2 is 2.50 bits per heavy atom. The number of amides is 1. The number of nitrogens with two attached hydrogens (primary N) is 2. The molecule has 1 amide bonds. The molecular formula is C4H6N4OS. The van der Waals surface area contributed by atoms with E-state index in [1.54, 1.807) is 0 Å². The van der Waals surface area contributed by atoms with Crippen LogP contribution >= 0.6 is 11.3 Å². The van der Waals surface area contributed by atoms with Crippen LogP contribution < -0.4 is 17.0 Å². The van der Waals surface area contributed by atoms with E-state index in [9.17, 15) is 4.79 Å². The summed E-state index contributed by atoms with van der Waals surface area (Å²) in [7, 11) is 0. The fraction of sp³-hybridized carbons (Fsp3) is 0. The largest absolute Gasteiger partial charge is 0.389 e. The molecule has 0 fully saturated rings. The van der Waals surface area contributed by atoms with Gasteiger partial charge in [0.15, 0.2) is 5.01 Å². The molecule has 10 heavy (non-hydrogen) atoms. The molecule has 0 saturated carbocycles. The molecule has 0 aliphatic heterocycles. The molecule has 5 N–H and O–H groups in total. The number of thiazole rings is 1. The number of carbonyl (C=O) groups is 1. The summed E-state index contributed by atoms with van der Waals surface area (Å²) < 4.78 is 0. The van der Waals surface area contributed by atoms with Gasteiger partial charge in [-0.25, -0.2) is 10.8 Å². The maximum Gasteiger partial charge on any atom is 0.294 e. The van der Waals surface area contributed by atoms with Gasteiger partial charge in [0.25, 0.3) is 5.91 Å². The second-order valence-corrected chi connectivity index (χ2v) is 2.60. The maximum atomic E-state index is 10.7. The lowest BCUT2D eigenvalue weighted by Gasteiger charge is -1.89. The molecular weight excluding hydrogens is 152 g/mol. The van der Waals surface area contributed by atoms with Crippen molar-refractivity contribution in [3.63, 3.8) is 0 Å². The van der Waals surface area contributed by atoms with Crippen LogP contribution in [-0.2, 0) is 0 Å². The van der Waals surface area contributed by atoms with Crippen molar-refractivity contribution < 1.29 is 4.79 Å². The van der Waals surface area contributed by atoms with Crippen LogP contribution in [-0.4, -0.2) is 10.9 Å². The fourth-order valence-corrected chi connectivity index (χ4v) is 1.04. The minimum absolute atomic E-state index is 0.278. The number of rotatable bonds is 1. The highest BCUT2D eigenvalue weighted by molar-refractivity contribution is 7.17. The van der Waals surface area contributed by atoms with Crippen molar-refractivity contribution in [1.29, 1.82) is 0 Å². The highest BCUT2D eigenvalue weighted by atomic mass is 32.1. The molecule has 0 aliphatic carbocycles. The molecule has 0 atom stereocenters. The Labute approximate surface area is 61.0 Å². The van der Waals surface area contributed by atoms with Crippen LogP contribution in [0.5, 0.6) is 0 Å². The SMILES string of the molecule is NNC(=O)c1ncc(N)s1. The van der Waals surface area contributed by atoms with Crippen molar-refractivity contribution in [2.75, 3.05) is 5.73 Å². The molecule has 0 aromatic carbocycles. The normalized spacial score (nSPS) is 9.30. The van der Waals surface area contributed by atoms with Gasteiger partial charge in [-0.15, -0.1) is 0 Å². The molecule has 6 heteroatoms. The number of anilines is 1. The molecule has 0 bridgehead atoms. The second-order valence-electron chi connectivity index (χ2n) is 1.54. The Bertz CT molecular complexity index is 245. The predicted octanol–water partition coefficient (Wildman–Crippen LogP) is -0.671. The van der Waals surface area contributed by atoms with Crippen LogP contribution in [0.25, 0.3) is 0 Å². The van der Waals surface area contributed by atoms with E-state index in [1.165, 1.54) is 6.20 Å². The van der Waals surface area contributed by atoms with Gasteiger partial charge in [-0.1, -0.05) is 11.3 Å². The van der Waals surface area contributed by atoms with Gasteiger partial charge in [-0.2, -0.15) is 0 Å². The fourth-order valence-electron chi connectivity index (χ4n) is 0.453. The average molecular weight is 158 g/mol. The summed E-state index contributed by atoms with van der Waals surface area (Å²) in [6.45, 7) is 0. The first-order chi connectivity index (χ1) is 4.74. The number of hydrogen-bond donors (Lipinski definition) is 3. The van der Waals surface area contributed by atoms with Crippen molar-refractivity contribution in [2.24, 2.45) is 5.84 Å². The van der Waals surface area contributed by atoms with Crippen molar-refractivity contribution in [1.82, 2.24) is 10.4 Å². The maximum absolute atomic E-state index is 10.7. The molecule has 1 heterocycles. The summed E-state index contributed by atoms with van der Waals surface area (Å²) in [5.41, 5.74) is 7.25. The number of nitrogens with zero attached hydrogens (tertiary/aromatic N) is 1. The van der Waals surface area contributed by atoms with Crippen LogP contribution in [0.3, 0.4) is 0 Å². The van der Waals surface area contributed by atoms with E-state index in [4.69, 9.17) is 11.6 Å². The minimum Gasteiger partial charge on any atom is -0.389 e. The summed E-state index contributed by atoms with van der Waals surface area (Å²) in [6.07, 6.45) is 1.41. The molecule has 1 aromatic heterocycles. The molecule has 0 unspecified atom stereocenters. The molecule has 5 nitrogen and oxygen atoms in total. The standard InChI is InChI=1S/C4H6N4OS/c5-2-1-7-4(10-2)3(9)8-6/h1H,5-6H2,(H,8,9). The van der Waals surface area contributed by atoms with Gasteiger partial charge in [0.05, 0.1) is 6.20 Å². The van der Waals surface area contributed by atoms with E-state index >= 15 is 0 Å². The lowest BCUT2D eigenvalue weighted by Crippen LogP contribution is -2.29. The van der Waals surface area contributed by atoms with E-state index in [0.29, 0.717) is 5.00 Å². The van der Waals surface area contributed by atoms with Gasteiger partial charge in [-0.3, -0.25) is 10.2 Å². The molecule has 0 aliphatic rings. The first-order valence-electron chi connectivity index (χ1n) is 2.46. The first-order valence-corrected chi connectivity index (χ1v) is 3.28. The highest BCUT2D eigenvalue weighted by Gasteiger charge is 2.06. The number of hydrazine groups is 1. The first kappa shape index (κ1) is 6.97. The zero-order valence-corrected chi connectivity index (χ0v) is 5.81. The van der Waals surface area contributed by atoms with E-state index < -0.39 is 5.91 Å². The molecule has 1 rings (SSSR count).